The van der Waals surface area contributed by atoms with Crippen LogP contribution in [0.5, 0.6) is 0 Å². The van der Waals surface area contributed by atoms with Crippen LogP contribution in [-0.4, -0.2) is 7.28 Å². The van der Waals surface area contributed by atoms with Crippen molar-refractivity contribution in [1.82, 2.24) is 0 Å². The first-order valence-corrected chi connectivity index (χ1v) is 5.26. The summed E-state index contributed by atoms with van der Waals surface area (Å²) in [6.07, 6.45) is 13.4. The normalized spacial score (nSPS) is 11.2. The highest BCUT2D eigenvalue weighted by atomic mass is 13.9. The van der Waals surface area contributed by atoms with Crippen molar-refractivity contribution in [2.75, 3.05) is 0 Å². The van der Waals surface area contributed by atoms with E-state index in [0.717, 1.165) is 12.8 Å². The van der Waals surface area contributed by atoms with E-state index in [1.807, 2.05) is 0 Å². The van der Waals surface area contributed by atoms with E-state index >= 15 is 0 Å². The van der Waals surface area contributed by atoms with Crippen molar-refractivity contribution in [3.8, 4) is 0 Å². The van der Waals surface area contributed by atoms with Crippen molar-refractivity contribution >= 4 is 7.28 Å². The molecule has 0 aliphatic heterocycles. The molecule has 0 atom stereocenters. The zero-order valence-electron chi connectivity index (χ0n) is 9.05. The Morgan fingerprint density at radius 2 is 2.08 bits per heavy atom. The zero-order valence-corrected chi connectivity index (χ0v) is 9.05. The zero-order chi connectivity index (χ0) is 9.94. The van der Waals surface area contributed by atoms with Crippen LogP contribution >= 0.6 is 0 Å². The molecule has 0 N–H and O–H groups in total. The molecule has 0 heterocycles. The molecule has 0 aromatic heterocycles. The van der Waals surface area contributed by atoms with Gasteiger partial charge < -0.3 is 0 Å². The van der Waals surface area contributed by atoms with E-state index in [-0.39, 0.29) is 0 Å². The van der Waals surface area contributed by atoms with Crippen molar-refractivity contribution in [3.05, 3.63) is 36.5 Å². The molecule has 13 heavy (non-hydrogen) atoms. The van der Waals surface area contributed by atoms with Gasteiger partial charge in [0.25, 0.3) is 0 Å². The number of hydrogen-bond donors (Lipinski definition) is 0. The third-order valence-electron chi connectivity index (χ3n) is 1.95. The summed E-state index contributed by atoms with van der Waals surface area (Å²) in [6, 6.07) is 0. The van der Waals surface area contributed by atoms with Gasteiger partial charge in [0, 0.05) is 0 Å². The van der Waals surface area contributed by atoms with Gasteiger partial charge in [0.05, 0.1) is 0 Å². The van der Waals surface area contributed by atoms with Gasteiger partial charge in [-0.05, 0) is 26.2 Å². The van der Waals surface area contributed by atoms with Crippen LogP contribution in [0.15, 0.2) is 36.5 Å². The minimum absolute atomic E-state index is 1.09. The second-order valence-electron chi connectivity index (χ2n) is 3.31. The Morgan fingerprint density at radius 3 is 2.69 bits per heavy atom. The summed E-state index contributed by atoms with van der Waals surface area (Å²) in [7, 11) is 1.27. The van der Waals surface area contributed by atoms with Gasteiger partial charge in [-0.25, -0.2) is 0 Å². The van der Waals surface area contributed by atoms with Crippen molar-refractivity contribution < 1.29 is 0 Å². The molecule has 0 spiro atoms. The second-order valence-corrected chi connectivity index (χ2v) is 3.31. The molecule has 0 aromatic rings. The SMILES string of the molecule is C=C(/C=C\CCBC)CC/C=C\C. The summed E-state index contributed by atoms with van der Waals surface area (Å²) in [6.45, 7) is 8.28. The van der Waals surface area contributed by atoms with Crippen molar-refractivity contribution in [2.45, 2.75) is 39.3 Å². The van der Waals surface area contributed by atoms with Crippen LogP contribution in [0, 0.1) is 0 Å². The largest absolute Gasteiger partial charge is 0.117 e. The molecule has 0 nitrogen and oxygen atoms in total. The minimum Gasteiger partial charge on any atom is -0.0958 e. The highest BCUT2D eigenvalue weighted by molar-refractivity contribution is 6.33. The van der Waals surface area contributed by atoms with Crippen LogP contribution < -0.4 is 0 Å². The topological polar surface area (TPSA) is 0 Å². The molecular formula is C12H21B. The fraction of sp³-hybridized carbons (Fsp3) is 0.500. The maximum atomic E-state index is 4.00. The molecule has 0 aromatic carbocycles. The van der Waals surface area contributed by atoms with Crippen LogP contribution in [0.1, 0.15) is 26.2 Å². The number of rotatable bonds is 7. The highest BCUT2D eigenvalue weighted by Gasteiger charge is 1.86. The molecule has 0 saturated heterocycles. The summed E-state index contributed by atoms with van der Waals surface area (Å²) in [4.78, 5) is 0. The highest BCUT2D eigenvalue weighted by Crippen LogP contribution is 2.05. The van der Waals surface area contributed by atoms with E-state index in [1.54, 1.807) is 0 Å². The standard InChI is InChI=1S/C12H21B/c1-4-5-6-9-12(2)10-7-8-11-13-3/h4-5,7,10,13H,2,6,8-9,11H2,1,3H3/b5-4-,10-7-. The van der Waals surface area contributed by atoms with E-state index in [2.05, 4.69) is 44.6 Å². The third kappa shape index (κ3) is 9.20. The van der Waals surface area contributed by atoms with Gasteiger partial charge in [-0.3, -0.25) is 0 Å². The molecule has 0 fully saturated rings. The van der Waals surface area contributed by atoms with Gasteiger partial charge in [-0.2, -0.15) is 0 Å². The first-order valence-electron chi connectivity index (χ1n) is 5.26. The van der Waals surface area contributed by atoms with Gasteiger partial charge in [0.2, 0.25) is 0 Å². The Bertz CT molecular complexity index is 178. The van der Waals surface area contributed by atoms with E-state index in [9.17, 15) is 0 Å². The first-order chi connectivity index (χ1) is 6.31. The number of hydrogen-bond acceptors (Lipinski definition) is 0. The van der Waals surface area contributed by atoms with E-state index < -0.39 is 0 Å². The summed E-state index contributed by atoms with van der Waals surface area (Å²) in [5, 5.41) is 0. The third-order valence-corrected chi connectivity index (χ3v) is 1.95. The Morgan fingerprint density at radius 1 is 1.31 bits per heavy atom. The predicted molar refractivity (Wildman–Crippen MR) is 64.8 cm³/mol. The van der Waals surface area contributed by atoms with E-state index in [1.165, 1.54) is 25.6 Å². The monoisotopic (exact) mass is 176 g/mol. The lowest BCUT2D eigenvalue weighted by molar-refractivity contribution is 1.01. The van der Waals surface area contributed by atoms with Gasteiger partial charge in [0.1, 0.15) is 7.28 Å². The van der Waals surface area contributed by atoms with Crippen molar-refractivity contribution in [1.29, 1.82) is 0 Å². The summed E-state index contributed by atoms with van der Waals surface area (Å²) >= 11 is 0. The summed E-state index contributed by atoms with van der Waals surface area (Å²) in [5.41, 5.74) is 1.24. The fourth-order valence-electron chi connectivity index (χ4n) is 1.09. The Balaban J connectivity index is 3.43. The quantitative estimate of drug-likeness (QED) is 0.240. The average molecular weight is 176 g/mol. The van der Waals surface area contributed by atoms with Crippen LogP contribution in [0.25, 0.3) is 0 Å². The van der Waals surface area contributed by atoms with Crippen molar-refractivity contribution in [3.63, 3.8) is 0 Å². The molecule has 0 saturated carbocycles. The lowest BCUT2D eigenvalue weighted by Crippen LogP contribution is -1.78. The lowest BCUT2D eigenvalue weighted by atomic mass is 9.77. The average Bonchev–Trinajstić information content (AvgIpc) is 2.13. The fourth-order valence-corrected chi connectivity index (χ4v) is 1.09. The van der Waals surface area contributed by atoms with Gasteiger partial charge >= 0.3 is 0 Å². The lowest BCUT2D eigenvalue weighted by Gasteiger charge is -1.95. The van der Waals surface area contributed by atoms with Crippen LogP contribution in [0.2, 0.25) is 13.1 Å². The van der Waals surface area contributed by atoms with Crippen LogP contribution in [0.3, 0.4) is 0 Å². The summed E-state index contributed by atoms with van der Waals surface area (Å²) in [5.74, 6) is 0. The molecular weight excluding hydrogens is 155 g/mol. The molecule has 0 amide bonds. The molecule has 0 aliphatic carbocycles. The van der Waals surface area contributed by atoms with Crippen LogP contribution in [-0.2, 0) is 0 Å². The first kappa shape index (κ1) is 12.3. The van der Waals surface area contributed by atoms with E-state index in [4.69, 9.17) is 0 Å². The molecule has 0 bridgehead atoms. The number of allylic oxidation sites excluding steroid dienone is 5. The maximum absolute atomic E-state index is 4.00. The molecule has 0 rings (SSSR count). The van der Waals surface area contributed by atoms with Gasteiger partial charge in [-0.1, -0.05) is 49.6 Å². The van der Waals surface area contributed by atoms with Crippen molar-refractivity contribution in [2.24, 2.45) is 0 Å². The predicted octanol–water partition coefficient (Wildman–Crippen LogP) is 3.75. The Labute approximate surface area is 83.7 Å². The van der Waals surface area contributed by atoms with Gasteiger partial charge in [-0.15, -0.1) is 0 Å². The molecule has 0 aliphatic rings. The molecule has 0 radical (unpaired) electrons. The minimum atomic E-state index is 1.09. The molecule has 1 heteroatoms. The second kappa shape index (κ2) is 9.37. The maximum Gasteiger partial charge on any atom is 0.117 e. The summed E-state index contributed by atoms with van der Waals surface area (Å²) < 4.78 is 0. The molecule has 72 valence electrons. The smallest absolute Gasteiger partial charge is 0.0958 e. The Hall–Kier alpha value is -0.715. The van der Waals surface area contributed by atoms with E-state index in [0.29, 0.717) is 0 Å². The van der Waals surface area contributed by atoms with Crippen LogP contribution in [0.4, 0.5) is 0 Å². The Kier molecular flexibility index (Phi) is 8.86. The molecule has 0 unspecified atom stereocenters. The van der Waals surface area contributed by atoms with Gasteiger partial charge in [0.15, 0.2) is 0 Å².